The van der Waals surface area contributed by atoms with E-state index in [-0.39, 0.29) is 23.9 Å². The summed E-state index contributed by atoms with van der Waals surface area (Å²) in [6.07, 6.45) is 1.70. The van der Waals surface area contributed by atoms with Gasteiger partial charge >= 0.3 is 23.9 Å². The van der Waals surface area contributed by atoms with Crippen molar-refractivity contribution in [1.82, 2.24) is 40.8 Å². The number of carbonyl (C=O) groups excluding carboxylic acids is 1. The smallest absolute Gasteiger partial charge is 0.475 e. The molecule has 2 atom stereocenters. The molecule has 3 N–H and O–H groups in total. The Morgan fingerprint density at radius 2 is 2.08 bits per heavy atom. The predicted octanol–water partition coefficient (Wildman–Crippen LogP) is 0.599. The highest BCUT2D eigenvalue weighted by atomic mass is 19.4. The minimum Gasteiger partial charge on any atom is -0.475 e. The van der Waals surface area contributed by atoms with Crippen LogP contribution in [0, 0.1) is 11.3 Å². The largest absolute Gasteiger partial charge is 0.490 e. The number of hydrogen-bond acceptors (Lipinski definition) is 11. The van der Waals surface area contributed by atoms with E-state index in [2.05, 4.69) is 47.1 Å². The molecule has 38 heavy (non-hydrogen) atoms. The molecule has 14 nitrogen and oxygen atoms in total. The van der Waals surface area contributed by atoms with Gasteiger partial charge in [0.1, 0.15) is 11.9 Å². The summed E-state index contributed by atoms with van der Waals surface area (Å²) in [5, 5.41) is 38.3. The number of halogens is 3. The Hall–Kier alpha value is -4.59. The van der Waals surface area contributed by atoms with Crippen molar-refractivity contribution >= 4 is 17.7 Å². The van der Waals surface area contributed by atoms with Crippen LogP contribution in [-0.2, 0) is 11.3 Å². The van der Waals surface area contributed by atoms with Gasteiger partial charge in [-0.3, -0.25) is 9.48 Å². The molecule has 5 heterocycles. The highest BCUT2D eigenvalue weighted by Gasteiger charge is 2.38. The Morgan fingerprint density at radius 3 is 2.68 bits per heavy atom. The Balaban J connectivity index is 0.000000426. The fraction of sp³-hybridized carbons (Fsp3) is 0.429. The summed E-state index contributed by atoms with van der Waals surface area (Å²) in [5.74, 6) is -2.46. The van der Waals surface area contributed by atoms with Crippen LogP contribution in [0.25, 0.3) is 11.5 Å². The normalized spacial score (nSPS) is 18.6. The van der Waals surface area contributed by atoms with Crippen molar-refractivity contribution < 1.29 is 32.3 Å². The third kappa shape index (κ3) is 6.39. The molecule has 1 amide bonds. The number of anilines is 1. The lowest BCUT2D eigenvalue weighted by molar-refractivity contribution is -0.192. The molecule has 0 saturated carbocycles. The first-order valence-corrected chi connectivity index (χ1v) is 11.3. The first-order chi connectivity index (χ1) is 18.1. The summed E-state index contributed by atoms with van der Waals surface area (Å²) in [7, 11) is 0. The molecule has 0 unspecified atom stereocenters. The summed E-state index contributed by atoms with van der Waals surface area (Å²) in [5.41, 5.74) is 0.944. The van der Waals surface area contributed by atoms with Gasteiger partial charge in [0, 0.05) is 44.1 Å². The summed E-state index contributed by atoms with van der Waals surface area (Å²) in [6, 6.07) is 3.85. The van der Waals surface area contributed by atoms with Crippen LogP contribution in [0.2, 0.25) is 0 Å². The number of carbonyl (C=O) groups is 2. The van der Waals surface area contributed by atoms with Crippen LogP contribution < -0.4 is 15.5 Å². The van der Waals surface area contributed by atoms with Gasteiger partial charge < -0.3 is 25.1 Å². The zero-order valence-electron chi connectivity index (χ0n) is 19.6. The first-order valence-electron chi connectivity index (χ1n) is 11.3. The lowest BCUT2D eigenvalue weighted by atomic mass is 10.1. The molecule has 17 heteroatoms. The number of nitrogens with zero attached hydrogens (tertiary/aromatic N) is 8. The lowest BCUT2D eigenvalue weighted by Gasteiger charge is -2.32. The molecule has 0 spiro atoms. The van der Waals surface area contributed by atoms with E-state index >= 15 is 0 Å². The maximum absolute atomic E-state index is 12.6. The van der Waals surface area contributed by atoms with Crippen LogP contribution in [0.1, 0.15) is 29.1 Å². The number of pyridine rings is 1. The van der Waals surface area contributed by atoms with E-state index in [0.29, 0.717) is 30.0 Å². The number of carboxylic acid groups (broad SMARTS) is 1. The molecule has 0 aromatic carbocycles. The van der Waals surface area contributed by atoms with Crippen LogP contribution in [0.15, 0.2) is 29.1 Å². The van der Waals surface area contributed by atoms with Gasteiger partial charge in [-0.05, 0) is 18.9 Å². The third-order valence-corrected chi connectivity index (χ3v) is 5.68. The van der Waals surface area contributed by atoms with Gasteiger partial charge in [0.15, 0.2) is 0 Å². The van der Waals surface area contributed by atoms with Crippen molar-refractivity contribution in [1.29, 1.82) is 5.26 Å². The van der Waals surface area contributed by atoms with E-state index in [0.717, 1.165) is 25.9 Å². The van der Waals surface area contributed by atoms with Crippen LogP contribution >= 0.6 is 0 Å². The van der Waals surface area contributed by atoms with Crippen molar-refractivity contribution in [2.75, 3.05) is 24.5 Å². The molecule has 0 aliphatic carbocycles. The van der Waals surface area contributed by atoms with Crippen molar-refractivity contribution in [3.8, 4) is 17.5 Å². The summed E-state index contributed by atoms with van der Waals surface area (Å²) in [4.78, 5) is 28.0. The van der Waals surface area contributed by atoms with E-state index in [9.17, 15) is 23.2 Å². The van der Waals surface area contributed by atoms with Crippen LogP contribution in [0.5, 0.6) is 0 Å². The fourth-order valence-electron chi connectivity index (χ4n) is 3.75. The quantitative estimate of drug-likeness (QED) is 0.400. The predicted molar refractivity (Wildman–Crippen MR) is 120 cm³/mol. The minimum absolute atomic E-state index is 0.0587. The molecule has 2 aliphatic heterocycles. The molecule has 3 aromatic rings. The Bertz CT molecular complexity index is 1320. The SMILES string of the molecule is N#Cc1cnc(N2CCC2)c(-c2nnc(C(=O)N[C@H]3CN[C@H](Cn4ccnn4)C3)o2)c1.O=C(O)C(F)(F)F. The molecule has 2 fully saturated rings. The van der Waals surface area contributed by atoms with Gasteiger partial charge in [0.25, 0.3) is 5.89 Å². The van der Waals surface area contributed by atoms with E-state index in [1.807, 2.05) is 0 Å². The summed E-state index contributed by atoms with van der Waals surface area (Å²) in [6.45, 7) is 3.06. The Kier molecular flexibility index (Phi) is 7.81. The molecular weight excluding hydrogens is 513 g/mol. The maximum atomic E-state index is 12.6. The zero-order valence-corrected chi connectivity index (χ0v) is 19.6. The van der Waals surface area contributed by atoms with E-state index in [1.165, 1.54) is 6.20 Å². The van der Waals surface area contributed by atoms with Crippen molar-refractivity contribution in [2.45, 2.75) is 37.6 Å². The minimum atomic E-state index is -5.08. The number of alkyl halides is 3. The molecule has 0 radical (unpaired) electrons. The Morgan fingerprint density at radius 1 is 1.32 bits per heavy atom. The van der Waals surface area contributed by atoms with Gasteiger partial charge in [-0.25, -0.2) is 9.78 Å². The second-order valence-electron chi connectivity index (χ2n) is 8.40. The number of amides is 1. The molecule has 200 valence electrons. The third-order valence-electron chi connectivity index (χ3n) is 5.68. The number of nitriles is 1. The van der Waals surface area contributed by atoms with Crippen LogP contribution in [-0.4, -0.2) is 85.1 Å². The number of aromatic nitrogens is 6. The molecule has 2 saturated heterocycles. The maximum Gasteiger partial charge on any atom is 0.490 e. The van der Waals surface area contributed by atoms with Gasteiger partial charge in [-0.2, -0.15) is 18.4 Å². The highest BCUT2D eigenvalue weighted by molar-refractivity contribution is 5.90. The van der Waals surface area contributed by atoms with E-state index in [1.54, 1.807) is 23.1 Å². The lowest BCUT2D eigenvalue weighted by Crippen LogP contribution is -2.38. The Labute approximate surface area is 212 Å². The fourth-order valence-corrected chi connectivity index (χ4v) is 3.75. The second kappa shape index (κ2) is 11.2. The highest BCUT2D eigenvalue weighted by Crippen LogP contribution is 2.31. The van der Waals surface area contributed by atoms with E-state index in [4.69, 9.17) is 14.3 Å². The summed E-state index contributed by atoms with van der Waals surface area (Å²) < 4.78 is 39.2. The molecular formula is C21H21F3N10O4. The van der Waals surface area contributed by atoms with Crippen molar-refractivity contribution in [3.63, 3.8) is 0 Å². The van der Waals surface area contributed by atoms with Gasteiger partial charge in [-0.1, -0.05) is 5.21 Å². The topological polar surface area (TPSA) is 188 Å². The molecule has 5 rings (SSSR count). The number of rotatable bonds is 6. The summed E-state index contributed by atoms with van der Waals surface area (Å²) >= 11 is 0. The number of nitrogens with one attached hydrogen (secondary N) is 2. The van der Waals surface area contributed by atoms with E-state index < -0.39 is 18.1 Å². The van der Waals surface area contributed by atoms with Gasteiger partial charge in [0.05, 0.1) is 23.9 Å². The number of aliphatic carboxylic acids is 1. The van der Waals surface area contributed by atoms with Crippen LogP contribution in [0.4, 0.5) is 19.0 Å². The molecule has 2 aliphatic rings. The standard InChI is InChI=1S/C19H20N10O2.C2HF3O2/c20-8-12-6-15(16(22-9-12)28-3-1-4-28)18-25-26-19(31-18)17(30)24-13-7-14(21-10-13)11-29-5-2-23-27-29;3-2(4,5)1(6)7/h2,5-6,9,13-14,21H,1,3-4,7,10-11H2,(H,24,30);(H,6,7)/t13-,14+;/m1./s1. The van der Waals surface area contributed by atoms with Gasteiger partial charge in [0.2, 0.25) is 0 Å². The average Bonchev–Trinajstić information content (AvgIpc) is 3.61. The number of carboxylic acids is 1. The second-order valence-corrected chi connectivity index (χ2v) is 8.40. The van der Waals surface area contributed by atoms with Gasteiger partial charge in [-0.15, -0.1) is 15.3 Å². The monoisotopic (exact) mass is 534 g/mol. The molecule has 0 bridgehead atoms. The number of hydrogen-bond donors (Lipinski definition) is 3. The zero-order chi connectivity index (χ0) is 27.3. The van der Waals surface area contributed by atoms with Crippen LogP contribution in [0.3, 0.4) is 0 Å². The average molecular weight is 534 g/mol. The van der Waals surface area contributed by atoms with Crippen molar-refractivity contribution in [3.05, 3.63) is 36.1 Å². The first kappa shape index (κ1) is 26.5. The molecule has 3 aromatic heterocycles. The van der Waals surface area contributed by atoms with Crippen molar-refractivity contribution in [2.24, 2.45) is 0 Å².